The zero-order valence-electron chi connectivity index (χ0n) is 14.3. The van der Waals surface area contributed by atoms with Gasteiger partial charge in [-0.25, -0.2) is 4.39 Å². The normalized spacial score (nSPS) is 32.5. The van der Waals surface area contributed by atoms with Crippen LogP contribution in [0.1, 0.15) is 46.5 Å². The molecule has 2 heterocycles. The highest BCUT2D eigenvalue weighted by molar-refractivity contribution is 5.77. The van der Waals surface area contributed by atoms with Gasteiger partial charge in [0.15, 0.2) is 0 Å². The fourth-order valence-electron chi connectivity index (χ4n) is 3.81. The number of nitrogens with one attached hydrogen (secondary N) is 1. The zero-order chi connectivity index (χ0) is 16.4. The number of alkyl halides is 1. The number of hydrogen-bond acceptors (Lipinski definition) is 4. The minimum Gasteiger partial charge on any atom is -0.469 e. The highest BCUT2D eigenvalue weighted by Gasteiger charge is 2.51. The minimum absolute atomic E-state index is 0.0752. The van der Waals surface area contributed by atoms with Gasteiger partial charge < -0.3 is 14.8 Å². The standard InChI is InChI=1S/C17H30FNO3/c1-15(2,3)13-9-16(12-19-10-13,14(20)21-4)11-17(18)5-7-22-8-6-17/h13,19H,5-12H2,1-4H3/t13-,16+/m1/s1. The van der Waals surface area contributed by atoms with Crippen LogP contribution in [0.2, 0.25) is 0 Å². The van der Waals surface area contributed by atoms with E-state index in [4.69, 9.17) is 9.47 Å². The molecule has 2 atom stereocenters. The Bertz CT molecular complexity index is 401. The first-order valence-electron chi connectivity index (χ1n) is 8.27. The van der Waals surface area contributed by atoms with Gasteiger partial charge in [0.05, 0.1) is 12.5 Å². The first-order chi connectivity index (χ1) is 10.2. The molecule has 0 amide bonds. The summed E-state index contributed by atoms with van der Waals surface area (Å²) in [6.07, 6.45) is 1.65. The van der Waals surface area contributed by atoms with Gasteiger partial charge in [-0.2, -0.15) is 0 Å². The Morgan fingerprint density at radius 1 is 1.36 bits per heavy atom. The fraction of sp³-hybridized carbons (Fsp3) is 0.941. The highest BCUT2D eigenvalue weighted by Crippen LogP contribution is 2.46. The summed E-state index contributed by atoms with van der Waals surface area (Å²) in [7, 11) is 1.40. The van der Waals surface area contributed by atoms with E-state index in [2.05, 4.69) is 26.1 Å². The van der Waals surface area contributed by atoms with E-state index in [9.17, 15) is 4.79 Å². The molecular formula is C17H30FNO3. The summed E-state index contributed by atoms with van der Waals surface area (Å²) in [5, 5.41) is 3.36. The van der Waals surface area contributed by atoms with Crippen LogP contribution in [0.4, 0.5) is 4.39 Å². The number of piperidine rings is 1. The molecule has 0 saturated carbocycles. The second-order valence-corrected chi connectivity index (χ2v) is 8.11. The van der Waals surface area contributed by atoms with Crippen molar-refractivity contribution in [3.05, 3.63) is 0 Å². The molecule has 4 nitrogen and oxygen atoms in total. The maximum absolute atomic E-state index is 15.2. The molecule has 0 aliphatic carbocycles. The smallest absolute Gasteiger partial charge is 0.313 e. The van der Waals surface area contributed by atoms with Gasteiger partial charge in [0.2, 0.25) is 0 Å². The summed E-state index contributed by atoms with van der Waals surface area (Å²) >= 11 is 0. The lowest BCUT2D eigenvalue weighted by Crippen LogP contribution is -2.55. The summed E-state index contributed by atoms with van der Waals surface area (Å²) < 4.78 is 25.5. The van der Waals surface area contributed by atoms with Crippen molar-refractivity contribution >= 4 is 5.97 Å². The summed E-state index contributed by atoms with van der Waals surface area (Å²) in [5.74, 6) is 0.0428. The molecule has 0 radical (unpaired) electrons. The molecule has 0 unspecified atom stereocenters. The zero-order valence-corrected chi connectivity index (χ0v) is 14.3. The number of ether oxygens (including phenoxy) is 2. The van der Waals surface area contributed by atoms with Gasteiger partial charge in [-0.05, 0) is 30.7 Å². The lowest BCUT2D eigenvalue weighted by atomic mass is 9.63. The van der Waals surface area contributed by atoms with Gasteiger partial charge in [0, 0.05) is 32.6 Å². The Morgan fingerprint density at radius 2 is 2.00 bits per heavy atom. The highest BCUT2D eigenvalue weighted by atomic mass is 19.1. The van der Waals surface area contributed by atoms with Crippen molar-refractivity contribution in [3.63, 3.8) is 0 Å². The molecule has 22 heavy (non-hydrogen) atoms. The van der Waals surface area contributed by atoms with Crippen LogP contribution in [0.5, 0.6) is 0 Å². The number of hydrogen-bond donors (Lipinski definition) is 1. The number of carbonyl (C=O) groups excluding carboxylic acids is 1. The molecule has 2 aliphatic rings. The van der Waals surface area contributed by atoms with Crippen molar-refractivity contribution in [2.75, 3.05) is 33.4 Å². The molecule has 5 heteroatoms. The molecule has 2 aliphatic heterocycles. The van der Waals surface area contributed by atoms with Crippen molar-refractivity contribution in [1.29, 1.82) is 0 Å². The monoisotopic (exact) mass is 315 g/mol. The summed E-state index contributed by atoms with van der Waals surface area (Å²) in [5.41, 5.74) is -2.02. The number of methoxy groups -OCH3 is 1. The van der Waals surface area contributed by atoms with Crippen molar-refractivity contribution in [2.45, 2.75) is 52.1 Å². The van der Waals surface area contributed by atoms with E-state index < -0.39 is 11.1 Å². The van der Waals surface area contributed by atoms with Gasteiger partial charge in [0.1, 0.15) is 5.67 Å². The molecule has 2 fully saturated rings. The molecule has 0 aromatic heterocycles. The van der Waals surface area contributed by atoms with E-state index >= 15 is 4.39 Å². The van der Waals surface area contributed by atoms with E-state index in [-0.39, 0.29) is 17.8 Å². The first kappa shape index (κ1) is 17.7. The third-order valence-corrected chi connectivity index (χ3v) is 5.38. The third kappa shape index (κ3) is 3.80. The van der Waals surface area contributed by atoms with E-state index in [1.54, 1.807) is 0 Å². The molecule has 0 aromatic carbocycles. The van der Waals surface area contributed by atoms with Gasteiger partial charge in [0.25, 0.3) is 0 Å². The molecule has 0 aromatic rings. The van der Waals surface area contributed by atoms with Crippen LogP contribution < -0.4 is 5.32 Å². The first-order valence-corrected chi connectivity index (χ1v) is 8.27. The molecule has 1 N–H and O–H groups in total. The maximum atomic E-state index is 15.2. The molecular weight excluding hydrogens is 285 g/mol. The number of carbonyl (C=O) groups is 1. The van der Waals surface area contributed by atoms with Crippen LogP contribution >= 0.6 is 0 Å². The minimum atomic E-state index is -1.33. The Kier molecular flexibility index (Phi) is 5.17. The van der Waals surface area contributed by atoms with Crippen molar-refractivity contribution in [3.8, 4) is 0 Å². The number of esters is 1. The van der Waals surface area contributed by atoms with Gasteiger partial charge >= 0.3 is 5.97 Å². The lowest BCUT2D eigenvalue weighted by Gasteiger charge is -2.46. The van der Waals surface area contributed by atoms with Gasteiger partial charge in [-0.3, -0.25) is 4.79 Å². The lowest BCUT2D eigenvalue weighted by molar-refractivity contribution is -0.161. The van der Waals surface area contributed by atoms with Crippen molar-refractivity contribution in [2.24, 2.45) is 16.7 Å². The average Bonchev–Trinajstić information content (AvgIpc) is 2.46. The quantitative estimate of drug-likeness (QED) is 0.814. The van der Waals surface area contributed by atoms with Crippen LogP contribution in [0, 0.1) is 16.7 Å². The summed E-state index contributed by atoms with van der Waals surface area (Å²) in [6, 6.07) is 0. The molecule has 2 saturated heterocycles. The Hall–Kier alpha value is -0.680. The summed E-state index contributed by atoms with van der Waals surface area (Å²) in [4.78, 5) is 12.5. The summed E-state index contributed by atoms with van der Waals surface area (Å²) in [6.45, 7) is 8.75. The van der Waals surface area contributed by atoms with Crippen LogP contribution in [-0.4, -0.2) is 45.1 Å². The molecule has 0 bridgehead atoms. The largest absolute Gasteiger partial charge is 0.469 e. The van der Waals surface area contributed by atoms with E-state index in [1.807, 2.05) is 0 Å². The van der Waals surface area contributed by atoms with Gasteiger partial charge in [-0.15, -0.1) is 0 Å². The Balaban J connectivity index is 2.22. The fourth-order valence-corrected chi connectivity index (χ4v) is 3.81. The second kappa shape index (κ2) is 6.44. The van der Waals surface area contributed by atoms with Crippen LogP contribution in [0.15, 0.2) is 0 Å². The third-order valence-electron chi connectivity index (χ3n) is 5.38. The molecule has 0 spiro atoms. The Morgan fingerprint density at radius 3 is 2.55 bits per heavy atom. The van der Waals surface area contributed by atoms with E-state index in [0.717, 1.165) is 6.54 Å². The number of halogens is 1. The van der Waals surface area contributed by atoms with Gasteiger partial charge in [-0.1, -0.05) is 20.8 Å². The SMILES string of the molecule is COC(=O)[C@@]1(CC2(F)CCOCC2)CNC[C@H](C(C)(C)C)C1. The van der Waals surface area contributed by atoms with E-state index in [1.165, 1.54) is 7.11 Å². The van der Waals surface area contributed by atoms with Crippen molar-refractivity contribution in [1.82, 2.24) is 5.32 Å². The molecule has 128 valence electrons. The van der Waals surface area contributed by atoms with Crippen LogP contribution in [0.25, 0.3) is 0 Å². The van der Waals surface area contributed by atoms with E-state index in [0.29, 0.717) is 44.9 Å². The van der Waals surface area contributed by atoms with Crippen LogP contribution in [0.3, 0.4) is 0 Å². The Labute approximate surface area is 133 Å². The average molecular weight is 315 g/mol. The van der Waals surface area contributed by atoms with Crippen molar-refractivity contribution < 1.29 is 18.7 Å². The molecule has 2 rings (SSSR count). The number of rotatable bonds is 3. The maximum Gasteiger partial charge on any atom is 0.313 e. The predicted molar refractivity (Wildman–Crippen MR) is 83.4 cm³/mol. The second-order valence-electron chi connectivity index (χ2n) is 8.11. The van der Waals surface area contributed by atoms with Crippen LogP contribution in [-0.2, 0) is 14.3 Å². The topological polar surface area (TPSA) is 47.6 Å². The predicted octanol–water partition coefficient (Wildman–Crippen LogP) is 2.71.